The summed E-state index contributed by atoms with van der Waals surface area (Å²) in [5, 5.41) is 7.63. The first-order valence-electron chi connectivity index (χ1n) is 16.7. The van der Waals surface area contributed by atoms with E-state index in [9.17, 15) is 0 Å². The van der Waals surface area contributed by atoms with Gasteiger partial charge in [0, 0.05) is 43.3 Å². The summed E-state index contributed by atoms with van der Waals surface area (Å²) in [6.07, 6.45) is 0. The smallest absolute Gasteiger partial charge is 0.0640 e. The van der Waals surface area contributed by atoms with E-state index in [-0.39, 0.29) is 0 Å². The molecule has 0 aliphatic rings. The van der Waals surface area contributed by atoms with Crippen molar-refractivity contribution >= 4 is 81.1 Å². The minimum atomic E-state index is 1.14. The summed E-state index contributed by atoms with van der Waals surface area (Å²) in [5.41, 5.74) is 9.52. The molecule has 3 heteroatoms. The maximum Gasteiger partial charge on any atom is 0.0640 e. The predicted octanol–water partition coefficient (Wildman–Crippen LogP) is 13.4. The Morgan fingerprint density at radius 1 is 0.408 bits per heavy atom. The Labute approximate surface area is 288 Å². The summed E-state index contributed by atoms with van der Waals surface area (Å²) in [6, 6.07) is 66.1. The number of benzene rings is 8. The molecule has 49 heavy (non-hydrogen) atoms. The third kappa shape index (κ3) is 4.55. The van der Waals surface area contributed by atoms with Gasteiger partial charge in [0.1, 0.15) is 0 Å². The lowest BCUT2D eigenvalue weighted by Gasteiger charge is -2.26. The highest BCUT2D eigenvalue weighted by Crippen LogP contribution is 2.45. The van der Waals surface area contributed by atoms with E-state index in [1.54, 1.807) is 0 Å². The summed E-state index contributed by atoms with van der Waals surface area (Å²) in [5.74, 6) is 0. The molecule has 0 bridgehead atoms. The first-order chi connectivity index (χ1) is 24.3. The van der Waals surface area contributed by atoms with Crippen molar-refractivity contribution in [2.45, 2.75) is 0 Å². The van der Waals surface area contributed by atoms with Gasteiger partial charge in [-0.1, -0.05) is 115 Å². The van der Waals surface area contributed by atoms with Crippen LogP contribution in [0.5, 0.6) is 0 Å². The Morgan fingerprint density at radius 3 is 1.78 bits per heavy atom. The fraction of sp³-hybridized carbons (Fsp3) is 0. The number of hydrogen-bond donors (Lipinski definition) is 0. The molecule has 0 radical (unpaired) electrons. The maximum absolute atomic E-state index is 2.39. The molecule has 0 fully saturated rings. The Balaban J connectivity index is 1.03. The van der Waals surface area contributed by atoms with E-state index in [0.29, 0.717) is 0 Å². The molecule has 0 atom stereocenters. The van der Waals surface area contributed by atoms with Gasteiger partial charge < -0.3 is 9.47 Å². The molecule has 10 rings (SSSR count). The third-order valence-corrected chi connectivity index (χ3v) is 11.0. The van der Waals surface area contributed by atoms with Crippen LogP contribution < -0.4 is 4.90 Å². The van der Waals surface area contributed by atoms with Crippen molar-refractivity contribution in [3.63, 3.8) is 0 Å². The Kier molecular flexibility index (Phi) is 6.39. The van der Waals surface area contributed by atoms with Crippen LogP contribution in [-0.2, 0) is 0 Å². The Morgan fingerprint density at radius 2 is 1.00 bits per heavy atom. The first kappa shape index (κ1) is 27.9. The van der Waals surface area contributed by atoms with Gasteiger partial charge >= 0.3 is 0 Å². The van der Waals surface area contributed by atoms with Gasteiger partial charge in [-0.2, -0.15) is 0 Å². The van der Waals surface area contributed by atoms with Crippen LogP contribution in [0.2, 0.25) is 0 Å². The van der Waals surface area contributed by atoms with Gasteiger partial charge in [0.15, 0.2) is 0 Å². The van der Waals surface area contributed by atoms with Crippen LogP contribution in [0, 0.1) is 0 Å². The molecule has 2 heterocycles. The van der Waals surface area contributed by atoms with Gasteiger partial charge in [-0.05, 0) is 88.6 Å². The van der Waals surface area contributed by atoms with Crippen molar-refractivity contribution in [1.29, 1.82) is 0 Å². The number of anilines is 3. The molecule has 2 aromatic heterocycles. The number of rotatable bonds is 5. The van der Waals surface area contributed by atoms with Crippen LogP contribution in [0.25, 0.3) is 69.6 Å². The van der Waals surface area contributed by atoms with E-state index in [2.05, 4.69) is 191 Å². The summed E-state index contributed by atoms with van der Waals surface area (Å²) in [6.45, 7) is 0. The molecular formula is C46H30N2S. The van der Waals surface area contributed by atoms with Gasteiger partial charge in [-0.25, -0.2) is 0 Å². The molecule has 8 aromatic carbocycles. The fourth-order valence-corrected chi connectivity index (χ4v) is 8.67. The average Bonchev–Trinajstić information content (AvgIpc) is 3.72. The number of aromatic nitrogens is 1. The fourth-order valence-electron chi connectivity index (χ4n) is 7.47. The van der Waals surface area contributed by atoms with E-state index in [1.165, 1.54) is 75.3 Å². The van der Waals surface area contributed by atoms with E-state index < -0.39 is 0 Å². The van der Waals surface area contributed by atoms with Crippen molar-refractivity contribution in [3.05, 3.63) is 182 Å². The highest BCUT2D eigenvalue weighted by molar-refractivity contribution is 7.26. The molecule has 0 saturated carbocycles. The zero-order chi connectivity index (χ0) is 32.3. The number of thiophene rings is 1. The van der Waals surface area contributed by atoms with E-state index in [1.807, 2.05) is 11.3 Å². The van der Waals surface area contributed by atoms with Crippen molar-refractivity contribution < 1.29 is 0 Å². The van der Waals surface area contributed by atoms with Crippen LogP contribution in [0.4, 0.5) is 17.1 Å². The second-order valence-corrected chi connectivity index (χ2v) is 13.6. The molecule has 2 nitrogen and oxygen atoms in total. The van der Waals surface area contributed by atoms with Gasteiger partial charge in [0.25, 0.3) is 0 Å². The quantitative estimate of drug-likeness (QED) is 0.181. The van der Waals surface area contributed by atoms with E-state index in [0.717, 1.165) is 11.4 Å². The molecule has 0 N–H and O–H groups in total. The lowest BCUT2D eigenvalue weighted by atomic mass is 10.0. The highest BCUT2D eigenvalue weighted by Gasteiger charge is 2.18. The topological polar surface area (TPSA) is 8.17 Å². The minimum Gasteiger partial charge on any atom is -0.309 e. The summed E-state index contributed by atoms with van der Waals surface area (Å²) < 4.78 is 4.99. The largest absolute Gasteiger partial charge is 0.309 e. The molecule has 0 unspecified atom stereocenters. The number of hydrogen-bond acceptors (Lipinski definition) is 2. The van der Waals surface area contributed by atoms with Gasteiger partial charge in [0.2, 0.25) is 0 Å². The zero-order valence-electron chi connectivity index (χ0n) is 26.6. The number of fused-ring (bicyclic) bond motifs is 7. The molecule has 230 valence electrons. The van der Waals surface area contributed by atoms with Gasteiger partial charge in [-0.3, -0.25) is 0 Å². The molecule has 0 amide bonds. The summed E-state index contributed by atoms with van der Waals surface area (Å²) >= 11 is 1.86. The Bertz CT molecular complexity index is 2770. The van der Waals surface area contributed by atoms with Crippen LogP contribution >= 0.6 is 11.3 Å². The minimum absolute atomic E-state index is 1.14. The second kappa shape index (κ2) is 11.2. The standard InChI is InChI=1S/C46H30N2S/c1-2-11-35(12-3-1)47(44-19-10-16-41-40-15-6-9-20-45(40)49-46(41)44)36-26-23-31(24-27-36)32-21-22-34-30-37(28-25-33(34)29-32)48-42-17-7-4-13-38(42)39-14-5-8-18-43(39)48/h1-30H. The SMILES string of the molecule is c1ccc(N(c2ccc(-c3ccc4cc(-n5c6ccccc6c6ccccc65)ccc4c3)cc2)c2cccc3c2sc2ccccc23)cc1. The average molecular weight is 643 g/mol. The maximum atomic E-state index is 2.39. The van der Waals surface area contributed by atoms with Crippen molar-refractivity contribution in [2.75, 3.05) is 4.90 Å². The Hall–Kier alpha value is -6.16. The van der Waals surface area contributed by atoms with Crippen molar-refractivity contribution in [3.8, 4) is 16.8 Å². The normalized spacial score (nSPS) is 11.7. The molecule has 0 aliphatic heterocycles. The first-order valence-corrected chi connectivity index (χ1v) is 17.5. The summed E-state index contributed by atoms with van der Waals surface area (Å²) in [7, 11) is 0. The monoisotopic (exact) mass is 642 g/mol. The van der Waals surface area contributed by atoms with Gasteiger partial charge in [-0.15, -0.1) is 11.3 Å². The van der Waals surface area contributed by atoms with Crippen LogP contribution in [0.15, 0.2) is 182 Å². The van der Waals surface area contributed by atoms with Crippen molar-refractivity contribution in [2.24, 2.45) is 0 Å². The van der Waals surface area contributed by atoms with Crippen LogP contribution in [0.3, 0.4) is 0 Å². The van der Waals surface area contributed by atoms with Crippen LogP contribution in [-0.4, -0.2) is 4.57 Å². The summed E-state index contributed by atoms with van der Waals surface area (Å²) in [4.78, 5) is 2.39. The third-order valence-electron chi connectivity index (χ3n) is 9.76. The predicted molar refractivity (Wildman–Crippen MR) is 211 cm³/mol. The molecule has 0 saturated heterocycles. The van der Waals surface area contributed by atoms with Crippen LogP contribution in [0.1, 0.15) is 0 Å². The molecular weight excluding hydrogens is 613 g/mol. The molecule has 10 aromatic rings. The van der Waals surface area contributed by atoms with E-state index in [4.69, 9.17) is 0 Å². The lowest BCUT2D eigenvalue weighted by molar-refractivity contribution is 1.19. The number of nitrogens with zero attached hydrogens (tertiary/aromatic N) is 2. The molecule has 0 aliphatic carbocycles. The van der Waals surface area contributed by atoms with Crippen molar-refractivity contribution in [1.82, 2.24) is 4.57 Å². The number of para-hydroxylation sites is 3. The highest BCUT2D eigenvalue weighted by atomic mass is 32.1. The molecule has 0 spiro atoms. The zero-order valence-corrected chi connectivity index (χ0v) is 27.4. The second-order valence-electron chi connectivity index (χ2n) is 12.6. The van der Waals surface area contributed by atoms with E-state index >= 15 is 0 Å². The lowest BCUT2D eigenvalue weighted by Crippen LogP contribution is -2.09. The van der Waals surface area contributed by atoms with Gasteiger partial charge in [0.05, 0.1) is 21.4 Å².